The van der Waals surface area contributed by atoms with Gasteiger partial charge in [0.05, 0.1) is 17.7 Å². The van der Waals surface area contributed by atoms with E-state index in [9.17, 15) is 4.79 Å². The van der Waals surface area contributed by atoms with Gasteiger partial charge in [0.25, 0.3) is 0 Å². The second kappa shape index (κ2) is 7.81. The fourth-order valence-electron chi connectivity index (χ4n) is 2.97. The third-order valence-corrected chi connectivity index (χ3v) is 4.55. The van der Waals surface area contributed by atoms with E-state index < -0.39 is 0 Å². The zero-order chi connectivity index (χ0) is 17.9. The molecule has 0 aliphatic heterocycles. The number of methoxy groups -OCH3 is 1. The Hall–Kier alpha value is -1.85. The van der Waals surface area contributed by atoms with Crippen molar-refractivity contribution in [3.63, 3.8) is 0 Å². The van der Waals surface area contributed by atoms with Gasteiger partial charge in [-0.15, -0.1) is 0 Å². The molecule has 2 rings (SSSR count). The molecule has 0 saturated heterocycles. The molecule has 2 aromatic rings. The lowest BCUT2D eigenvalue weighted by Crippen LogP contribution is -2.40. The Morgan fingerprint density at radius 1 is 1.29 bits per heavy atom. The molecule has 5 nitrogen and oxygen atoms in total. The number of hydrogen-bond donors (Lipinski definition) is 1. The quantitative estimate of drug-likeness (QED) is 0.857. The molecule has 0 aliphatic carbocycles. The molecular weight excluding hydrogens is 328 g/mol. The Morgan fingerprint density at radius 3 is 2.50 bits per heavy atom. The molecule has 0 radical (unpaired) electrons. The molecule has 1 aromatic heterocycles. The van der Waals surface area contributed by atoms with Crippen LogP contribution in [0.25, 0.3) is 0 Å². The maximum Gasteiger partial charge on any atom is 0.227 e. The van der Waals surface area contributed by atoms with Crippen LogP contribution >= 0.6 is 11.6 Å². The highest BCUT2D eigenvalue weighted by Gasteiger charge is 2.27. The maximum atomic E-state index is 12.6. The van der Waals surface area contributed by atoms with E-state index in [4.69, 9.17) is 20.9 Å². The molecule has 130 valence electrons. The number of amides is 1. The Balaban J connectivity index is 2.14. The normalized spacial score (nSPS) is 14.9. The molecule has 0 spiro atoms. The number of carbonyl (C=O) groups excluding carboxylic acids is 1. The van der Waals surface area contributed by atoms with Gasteiger partial charge in [-0.05, 0) is 33.8 Å². The molecule has 1 amide bonds. The number of nitrogens with zero attached hydrogens (tertiary/aromatic N) is 1. The van der Waals surface area contributed by atoms with Crippen molar-refractivity contribution >= 4 is 17.5 Å². The van der Waals surface area contributed by atoms with Crippen molar-refractivity contribution in [2.45, 2.75) is 45.8 Å². The van der Waals surface area contributed by atoms with Gasteiger partial charge in [0.1, 0.15) is 11.9 Å². The lowest BCUT2D eigenvalue weighted by atomic mass is 9.97. The number of ether oxygens (including phenoxy) is 1. The first-order valence-corrected chi connectivity index (χ1v) is 8.25. The highest BCUT2D eigenvalue weighted by atomic mass is 35.5. The first kappa shape index (κ1) is 18.5. The lowest BCUT2D eigenvalue weighted by molar-refractivity contribution is -0.123. The summed E-state index contributed by atoms with van der Waals surface area (Å²) >= 11 is 6.25. The first-order chi connectivity index (χ1) is 11.4. The number of nitrogens with one attached hydrogen (secondary N) is 1. The topological polar surface area (TPSA) is 64.4 Å². The third-order valence-electron chi connectivity index (χ3n) is 4.20. The van der Waals surface area contributed by atoms with Gasteiger partial charge in [-0.25, -0.2) is 0 Å². The van der Waals surface area contributed by atoms with E-state index in [0.717, 1.165) is 16.8 Å². The number of aromatic nitrogens is 1. The monoisotopic (exact) mass is 350 g/mol. The number of aryl methyl sites for hydroxylation is 2. The van der Waals surface area contributed by atoms with Crippen molar-refractivity contribution in [1.82, 2.24) is 10.5 Å². The summed E-state index contributed by atoms with van der Waals surface area (Å²) < 4.78 is 10.7. The number of rotatable bonds is 6. The van der Waals surface area contributed by atoms with Crippen LogP contribution in [0.2, 0.25) is 5.02 Å². The average molecular weight is 351 g/mol. The Bertz CT molecular complexity index is 695. The van der Waals surface area contributed by atoms with E-state index in [2.05, 4.69) is 10.5 Å². The largest absolute Gasteiger partial charge is 0.375 e. The van der Waals surface area contributed by atoms with E-state index in [0.29, 0.717) is 10.8 Å². The number of hydrogen-bond acceptors (Lipinski definition) is 4. The standard InChI is InChI=1S/C18H23ClN2O3/c1-10(16-11(2)21-24-13(16)4)18(22)20-12(3)17(23-5)14-8-6-7-9-15(14)19/h6-10,12,17H,1-5H3,(H,20,22)/t10-,12-,17+/m1/s1. The lowest BCUT2D eigenvalue weighted by Gasteiger charge is -2.26. The minimum absolute atomic E-state index is 0.106. The van der Waals surface area contributed by atoms with E-state index in [1.165, 1.54) is 0 Å². The van der Waals surface area contributed by atoms with Crippen LogP contribution in [0.3, 0.4) is 0 Å². The number of carbonyl (C=O) groups is 1. The minimum atomic E-state index is -0.359. The summed E-state index contributed by atoms with van der Waals surface area (Å²) in [5.74, 6) is 0.200. The van der Waals surface area contributed by atoms with Crippen molar-refractivity contribution in [3.8, 4) is 0 Å². The van der Waals surface area contributed by atoms with Crippen molar-refractivity contribution in [2.24, 2.45) is 0 Å². The fourth-order valence-corrected chi connectivity index (χ4v) is 3.21. The molecule has 1 N–H and O–H groups in total. The zero-order valence-electron chi connectivity index (χ0n) is 14.6. The maximum absolute atomic E-state index is 12.6. The third kappa shape index (κ3) is 3.79. The van der Waals surface area contributed by atoms with Crippen LogP contribution in [0, 0.1) is 13.8 Å². The second-order valence-electron chi connectivity index (χ2n) is 5.93. The van der Waals surface area contributed by atoms with Crippen LogP contribution in [0.1, 0.15) is 48.5 Å². The van der Waals surface area contributed by atoms with E-state index in [-0.39, 0.29) is 24.0 Å². The van der Waals surface area contributed by atoms with Crippen LogP contribution in [-0.4, -0.2) is 24.2 Å². The first-order valence-electron chi connectivity index (χ1n) is 7.87. The van der Waals surface area contributed by atoms with E-state index >= 15 is 0 Å². The molecule has 0 aliphatic rings. The number of benzene rings is 1. The van der Waals surface area contributed by atoms with Gasteiger partial charge in [0.2, 0.25) is 5.91 Å². The molecule has 0 saturated carbocycles. The molecule has 1 heterocycles. The molecule has 6 heteroatoms. The molecule has 0 fully saturated rings. The predicted molar refractivity (Wildman–Crippen MR) is 93.2 cm³/mol. The van der Waals surface area contributed by atoms with Gasteiger partial charge in [-0.3, -0.25) is 4.79 Å². The van der Waals surface area contributed by atoms with Gasteiger partial charge in [0.15, 0.2) is 0 Å². The summed E-state index contributed by atoms with van der Waals surface area (Å²) in [5.41, 5.74) is 2.41. The van der Waals surface area contributed by atoms with Crippen LogP contribution in [0.15, 0.2) is 28.8 Å². The molecule has 1 aromatic carbocycles. The average Bonchev–Trinajstić information content (AvgIpc) is 2.88. The Labute approximate surface area is 147 Å². The summed E-state index contributed by atoms with van der Waals surface area (Å²) in [5, 5.41) is 7.53. The molecular formula is C18H23ClN2O3. The summed E-state index contributed by atoms with van der Waals surface area (Å²) in [4.78, 5) is 12.6. The van der Waals surface area contributed by atoms with Crippen LogP contribution in [0.5, 0.6) is 0 Å². The summed E-state index contributed by atoms with van der Waals surface area (Å²) in [6.45, 7) is 7.38. The number of halogens is 1. The van der Waals surface area contributed by atoms with Crippen molar-refractivity contribution < 1.29 is 14.1 Å². The molecule has 24 heavy (non-hydrogen) atoms. The van der Waals surface area contributed by atoms with Crippen LogP contribution in [0.4, 0.5) is 0 Å². The summed E-state index contributed by atoms with van der Waals surface area (Å²) in [6, 6.07) is 7.22. The van der Waals surface area contributed by atoms with E-state index in [1.807, 2.05) is 52.0 Å². The van der Waals surface area contributed by atoms with Gasteiger partial charge >= 0.3 is 0 Å². The van der Waals surface area contributed by atoms with Gasteiger partial charge in [-0.1, -0.05) is 35.0 Å². The second-order valence-corrected chi connectivity index (χ2v) is 6.34. The highest BCUT2D eigenvalue weighted by Crippen LogP contribution is 2.29. The summed E-state index contributed by atoms with van der Waals surface area (Å²) in [7, 11) is 1.61. The smallest absolute Gasteiger partial charge is 0.227 e. The van der Waals surface area contributed by atoms with Crippen molar-refractivity contribution in [1.29, 1.82) is 0 Å². The molecule has 0 unspecified atom stereocenters. The minimum Gasteiger partial charge on any atom is -0.375 e. The molecule has 0 bridgehead atoms. The van der Waals surface area contributed by atoms with Crippen LogP contribution < -0.4 is 5.32 Å². The van der Waals surface area contributed by atoms with Crippen LogP contribution in [-0.2, 0) is 9.53 Å². The van der Waals surface area contributed by atoms with Crippen molar-refractivity contribution in [3.05, 3.63) is 51.9 Å². The highest BCUT2D eigenvalue weighted by molar-refractivity contribution is 6.31. The van der Waals surface area contributed by atoms with Gasteiger partial charge in [0, 0.05) is 23.3 Å². The van der Waals surface area contributed by atoms with Gasteiger partial charge in [-0.2, -0.15) is 0 Å². The van der Waals surface area contributed by atoms with E-state index in [1.54, 1.807) is 7.11 Å². The Kier molecular flexibility index (Phi) is 6.02. The summed E-state index contributed by atoms with van der Waals surface area (Å²) in [6.07, 6.45) is -0.334. The SMILES string of the molecule is CO[C@H](c1ccccc1Cl)[C@@H](C)NC(=O)[C@H](C)c1c(C)noc1C. The van der Waals surface area contributed by atoms with Crippen molar-refractivity contribution in [2.75, 3.05) is 7.11 Å². The Morgan fingerprint density at radius 2 is 1.96 bits per heavy atom. The zero-order valence-corrected chi connectivity index (χ0v) is 15.3. The molecule has 3 atom stereocenters. The predicted octanol–water partition coefficient (Wildman–Crippen LogP) is 3.94. The fraction of sp³-hybridized carbons (Fsp3) is 0.444. The van der Waals surface area contributed by atoms with Gasteiger partial charge < -0.3 is 14.6 Å².